The molecule has 1 heterocycles. The van der Waals surface area contributed by atoms with E-state index in [0.717, 1.165) is 0 Å². The Labute approximate surface area is 119 Å². The Morgan fingerprint density at radius 1 is 1.37 bits per heavy atom. The maximum Gasteiger partial charge on any atom is 0.259 e. The van der Waals surface area contributed by atoms with E-state index in [4.69, 9.17) is 28.9 Å². The molecule has 0 aromatic heterocycles. The van der Waals surface area contributed by atoms with Crippen LogP contribution in [-0.4, -0.2) is 34.9 Å². The minimum absolute atomic E-state index is 0.0311. The lowest BCUT2D eigenvalue weighted by Gasteiger charge is -2.39. The summed E-state index contributed by atoms with van der Waals surface area (Å²) in [5, 5.41) is 10.1. The second-order valence-electron chi connectivity index (χ2n) is 4.53. The van der Waals surface area contributed by atoms with Crippen LogP contribution in [0.25, 0.3) is 0 Å². The predicted octanol–water partition coefficient (Wildman–Crippen LogP) is 1.65. The quantitative estimate of drug-likeness (QED) is 0.890. The maximum absolute atomic E-state index is 12.1. The highest BCUT2D eigenvalue weighted by atomic mass is 35.5. The van der Waals surface area contributed by atoms with E-state index >= 15 is 0 Å². The van der Waals surface area contributed by atoms with Gasteiger partial charge in [0, 0.05) is 30.5 Å². The van der Waals surface area contributed by atoms with Gasteiger partial charge in [0.05, 0.1) is 10.6 Å². The third-order valence-electron chi connectivity index (χ3n) is 2.98. The Balaban J connectivity index is 2.08. The summed E-state index contributed by atoms with van der Waals surface area (Å²) in [5.74, 6) is -0.931. The van der Waals surface area contributed by atoms with E-state index in [2.05, 4.69) is 0 Å². The average Bonchev–Trinajstić information content (AvgIpc) is 2.20. The van der Waals surface area contributed by atoms with Gasteiger partial charge in [0.25, 0.3) is 5.91 Å². The van der Waals surface area contributed by atoms with Crippen LogP contribution in [-0.2, 0) is 4.79 Å². The third-order valence-corrected chi connectivity index (χ3v) is 3.50. The molecule has 0 saturated carbocycles. The molecule has 7 heteroatoms. The van der Waals surface area contributed by atoms with Gasteiger partial charge in [-0.2, -0.15) is 0 Å². The summed E-state index contributed by atoms with van der Waals surface area (Å²) in [6, 6.07) is 2.66. The molecule has 1 fully saturated rings. The number of rotatable bonds is 3. The topological polar surface area (TPSA) is 83.6 Å². The lowest BCUT2D eigenvalue weighted by Crippen LogP contribution is -2.51. The molecule has 2 rings (SSSR count). The van der Waals surface area contributed by atoms with E-state index in [9.17, 15) is 14.7 Å². The second-order valence-corrected chi connectivity index (χ2v) is 5.37. The van der Waals surface area contributed by atoms with Gasteiger partial charge < -0.3 is 15.7 Å². The molecule has 1 aliphatic rings. The highest BCUT2D eigenvalue weighted by Gasteiger charge is 2.34. The first-order valence-electron chi connectivity index (χ1n) is 5.64. The molecule has 5 nitrogen and oxygen atoms in total. The summed E-state index contributed by atoms with van der Waals surface area (Å²) < 4.78 is 0. The summed E-state index contributed by atoms with van der Waals surface area (Å²) in [6.07, 6.45) is 0.254. The number of halogens is 2. The number of hydrogen-bond acceptors (Lipinski definition) is 3. The lowest BCUT2D eigenvalue weighted by molar-refractivity contribution is -0.119. The first kappa shape index (κ1) is 14.0. The molecule has 0 radical (unpaired) electrons. The van der Waals surface area contributed by atoms with E-state index in [-0.39, 0.29) is 45.5 Å². The molecule has 0 spiro atoms. The normalized spacial score (nSPS) is 15.2. The third kappa shape index (κ3) is 2.93. The Morgan fingerprint density at radius 3 is 2.53 bits per heavy atom. The zero-order chi connectivity index (χ0) is 14.2. The van der Waals surface area contributed by atoms with Crippen LogP contribution in [0.5, 0.6) is 5.75 Å². The molecular weight excluding hydrogens is 291 g/mol. The molecule has 1 saturated heterocycles. The standard InChI is InChI=1S/C12H12Cl2N2O3/c13-7-2-8(14)11(9(17)3-7)12(19)16-4-6(5-16)1-10(15)18/h2-3,6,17H,1,4-5H2,(H2,15,18). The Hall–Kier alpha value is -1.46. The zero-order valence-corrected chi connectivity index (χ0v) is 11.4. The summed E-state index contributed by atoms with van der Waals surface area (Å²) >= 11 is 11.6. The van der Waals surface area contributed by atoms with Gasteiger partial charge in [-0.25, -0.2) is 0 Å². The number of primary amides is 1. The highest BCUT2D eigenvalue weighted by molar-refractivity contribution is 6.37. The zero-order valence-electron chi connectivity index (χ0n) is 9.90. The monoisotopic (exact) mass is 302 g/mol. The number of carbonyl (C=O) groups excluding carboxylic acids is 2. The van der Waals surface area contributed by atoms with Gasteiger partial charge in [0.2, 0.25) is 5.91 Å². The SMILES string of the molecule is NC(=O)CC1CN(C(=O)c2c(O)cc(Cl)cc2Cl)C1. The molecule has 2 amide bonds. The average molecular weight is 303 g/mol. The van der Waals surface area contributed by atoms with Crippen molar-refractivity contribution in [2.45, 2.75) is 6.42 Å². The number of phenolic OH excluding ortho intramolecular Hbond substituents is 1. The molecule has 3 N–H and O–H groups in total. The first-order valence-corrected chi connectivity index (χ1v) is 6.39. The van der Waals surface area contributed by atoms with E-state index < -0.39 is 0 Å². The second kappa shape index (κ2) is 5.27. The van der Waals surface area contributed by atoms with Gasteiger partial charge in [-0.15, -0.1) is 0 Å². The molecule has 102 valence electrons. The highest BCUT2D eigenvalue weighted by Crippen LogP contribution is 2.33. The summed E-state index contributed by atoms with van der Waals surface area (Å²) in [4.78, 5) is 24.4. The van der Waals surface area contributed by atoms with Crippen LogP contribution in [0, 0.1) is 5.92 Å². The van der Waals surface area contributed by atoms with Crippen molar-refractivity contribution in [3.63, 3.8) is 0 Å². The lowest BCUT2D eigenvalue weighted by atomic mass is 9.95. The van der Waals surface area contributed by atoms with Crippen LogP contribution in [0.15, 0.2) is 12.1 Å². The van der Waals surface area contributed by atoms with Gasteiger partial charge in [-0.1, -0.05) is 23.2 Å². The minimum atomic E-state index is -0.385. The molecule has 1 aromatic rings. The van der Waals surface area contributed by atoms with E-state index in [1.54, 1.807) is 0 Å². The molecule has 1 aromatic carbocycles. The van der Waals surface area contributed by atoms with Crippen LogP contribution in [0.1, 0.15) is 16.8 Å². The van der Waals surface area contributed by atoms with Crippen molar-refractivity contribution in [2.75, 3.05) is 13.1 Å². The largest absolute Gasteiger partial charge is 0.507 e. The van der Waals surface area contributed by atoms with Crippen molar-refractivity contribution < 1.29 is 14.7 Å². The fraction of sp³-hybridized carbons (Fsp3) is 0.333. The van der Waals surface area contributed by atoms with Crippen molar-refractivity contribution >= 4 is 35.0 Å². The maximum atomic E-state index is 12.1. The van der Waals surface area contributed by atoms with Crippen molar-refractivity contribution in [2.24, 2.45) is 11.7 Å². The van der Waals surface area contributed by atoms with E-state index in [1.165, 1.54) is 17.0 Å². The predicted molar refractivity (Wildman–Crippen MR) is 71.3 cm³/mol. The summed E-state index contributed by atoms with van der Waals surface area (Å²) in [6.45, 7) is 0.861. The number of phenols is 1. The number of amides is 2. The van der Waals surface area contributed by atoms with E-state index in [0.29, 0.717) is 13.1 Å². The fourth-order valence-corrected chi connectivity index (χ4v) is 2.64. The number of carbonyl (C=O) groups is 2. The molecule has 1 aliphatic heterocycles. The number of nitrogens with two attached hydrogens (primary N) is 1. The van der Waals surface area contributed by atoms with Crippen LogP contribution >= 0.6 is 23.2 Å². The van der Waals surface area contributed by atoms with Crippen molar-refractivity contribution in [3.05, 3.63) is 27.7 Å². The first-order chi connectivity index (χ1) is 8.88. The van der Waals surface area contributed by atoms with Crippen LogP contribution in [0.2, 0.25) is 10.0 Å². The van der Waals surface area contributed by atoms with Crippen molar-refractivity contribution in [1.82, 2.24) is 4.90 Å². The summed E-state index contributed by atoms with van der Waals surface area (Å²) in [5.41, 5.74) is 5.11. The Morgan fingerprint density at radius 2 is 2.00 bits per heavy atom. The molecule has 19 heavy (non-hydrogen) atoms. The Kier molecular flexibility index (Phi) is 3.87. The summed E-state index contributed by atoms with van der Waals surface area (Å²) in [7, 11) is 0. The van der Waals surface area contributed by atoms with Gasteiger partial charge >= 0.3 is 0 Å². The fourth-order valence-electron chi connectivity index (χ4n) is 2.08. The molecule has 0 aliphatic carbocycles. The van der Waals surface area contributed by atoms with Gasteiger partial charge in [-0.3, -0.25) is 9.59 Å². The van der Waals surface area contributed by atoms with Crippen LogP contribution < -0.4 is 5.73 Å². The minimum Gasteiger partial charge on any atom is -0.507 e. The van der Waals surface area contributed by atoms with Gasteiger partial charge in [-0.05, 0) is 12.1 Å². The van der Waals surface area contributed by atoms with Crippen LogP contribution in [0.4, 0.5) is 0 Å². The number of nitrogens with zero attached hydrogens (tertiary/aromatic N) is 1. The molecular formula is C12H12Cl2N2O3. The van der Waals surface area contributed by atoms with Gasteiger partial charge in [0.1, 0.15) is 5.75 Å². The smallest absolute Gasteiger partial charge is 0.259 e. The van der Waals surface area contributed by atoms with E-state index in [1.807, 2.05) is 0 Å². The van der Waals surface area contributed by atoms with Crippen molar-refractivity contribution in [3.8, 4) is 5.75 Å². The molecule has 0 atom stereocenters. The van der Waals surface area contributed by atoms with Crippen LogP contribution in [0.3, 0.4) is 0 Å². The number of hydrogen-bond donors (Lipinski definition) is 2. The van der Waals surface area contributed by atoms with Gasteiger partial charge in [0.15, 0.2) is 0 Å². The number of aromatic hydroxyl groups is 1. The van der Waals surface area contributed by atoms with Crippen molar-refractivity contribution in [1.29, 1.82) is 0 Å². The Bertz CT molecular complexity index is 519. The number of benzene rings is 1. The molecule has 0 unspecified atom stereocenters. The molecule has 0 bridgehead atoms. The number of likely N-dealkylation sites (tertiary alicyclic amines) is 1.